The smallest absolute Gasteiger partial charge is 0.147 e. The summed E-state index contributed by atoms with van der Waals surface area (Å²) in [4.78, 5) is 15.8. The fraction of sp³-hybridized carbons (Fsp3) is 0.600. The predicted molar refractivity (Wildman–Crippen MR) is 79.8 cm³/mol. The first-order valence-electron chi connectivity index (χ1n) is 6.91. The fourth-order valence-electron chi connectivity index (χ4n) is 3.52. The molecule has 1 saturated heterocycles. The van der Waals surface area contributed by atoms with Crippen molar-refractivity contribution in [2.45, 2.75) is 39.7 Å². The SMILES string of the molecule is C=C(ON)C(C)(C)C1CCN(c2cnccn2)C1(C)C. The molecular formula is C15H24N4O. The Hall–Kier alpha value is -1.62. The van der Waals surface area contributed by atoms with E-state index in [1.165, 1.54) is 0 Å². The molecule has 20 heavy (non-hydrogen) atoms. The molecule has 1 atom stereocenters. The standard InChI is InChI=1S/C15H24N4O/c1-11(20-16)14(2,3)12-6-9-19(15(12,4)5)13-10-17-7-8-18-13/h7-8,10,12H,1,6,9,16H2,2-5H3. The normalized spacial score (nSPS) is 21.9. The Balaban J connectivity index is 2.31. The van der Waals surface area contributed by atoms with Crippen LogP contribution in [0.4, 0.5) is 5.82 Å². The van der Waals surface area contributed by atoms with Gasteiger partial charge in [-0.15, -0.1) is 0 Å². The first-order valence-corrected chi connectivity index (χ1v) is 6.91. The highest BCUT2D eigenvalue weighted by Gasteiger charge is 2.50. The lowest BCUT2D eigenvalue weighted by Crippen LogP contribution is -2.48. The summed E-state index contributed by atoms with van der Waals surface area (Å²) in [5.74, 6) is 7.23. The summed E-state index contributed by atoms with van der Waals surface area (Å²) in [6.07, 6.45) is 6.27. The second-order valence-electron chi connectivity index (χ2n) is 6.47. The molecule has 110 valence electrons. The quantitative estimate of drug-likeness (QED) is 0.676. The van der Waals surface area contributed by atoms with E-state index in [-0.39, 0.29) is 11.0 Å². The second-order valence-corrected chi connectivity index (χ2v) is 6.47. The fourth-order valence-corrected chi connectivity index (χ4v) is 3.52. The third-order valence-corrected chi connectivity index (χ3v) is 4.75. The van der Waals surface area contributed by atoms with Crippen LogP contribution in [0.5, 0.6) is 0 Å². The number of allylic oxidation sites excluding steroid dienone is 1. The van der Waals surface area contributed by atoms with Gasteiger partial charge in [-0.3, -0.25) is 4.98 Å². The van der Waals surface area contributed by atoms with E-state index in [0.29, 0.717) is 11.7 Å². The maximum atomic E-state index is 5.32. The van der Waals surface area contributed by atoms with Crippen LogP contribution < -0.4 is 10.8 Å². The van der Waals surface area contributed by atoms with E-state index in [0.717, 1.165) is 18.8 Å². The zero-order chi connectivity index (χ0) is 15.0. The summed E-state index contributed by atoms with van der Waals surface area (Å²) >= 11 is 0. The molecule has 0 aromatic carbocycles. The Morgan fingerprint density at radius 1 is 1.50 bits per heavy atom. The van der Waals surface area contributed by atoms with Crippen LogP contribution in [0.15, 0.2) is 30.9 Å². The lowest BCUT2D eigenvalue weighted by atomic mass is 9.68. The summed E-state index contributed by atoms with van der Waals surface area (Å²) in [7, 11) is 0. The van der Waals surface area contributed by atoms with Gasteiger partial charge >= 0.3 is 0 Å². The average Bonchev–Trinajstić information content (AvgIpc) is 2.74. The summed E-state index contributed by atoms with van der Waals surface area (Å²) in [5, 5.41) is 0. The lowest BCUT2D eigenvalue weighted by Gasteiger charge is -2.43. The van der Waals surface area contributed by atoms with Gasteiger partial charge in [-0.25, -0.2) is 4.98 Å². The molecule has 1 aromatic heterocycles. The van der Waals surface area contributed by atoms with E-state index < -0.39 is 0 Å². The molecule has 2 rings (SSSR count). The van der Waals surface area contributed by atoms with E-state index in [2.05, 4.69) is 49.1 Å². The van der Waals surface area contributed by atoms with Gasteiger partial charge in [0.15, 0.2) is 0 Å². The van der Waals surface area contributed by atoms with Crippen molar-refractivity contribution in [1.29, 1.82) is 0 Å². The molecule has 5 nitrogen and oxygen atoms in total. The van der Waals surface area contributed by atoms with Crippen molar-refractivity contribution in [2.24, 2.45) is 17.2 Å². The van der Waals surface area contributed by atoms with Crippen molar-refractivity contribution in [3.63, 3.8) is 0 Å². The minimum atomic E-state index is -0.199. The largest absolute Gasteiger partial charge is 0.416 e. The van der Waals surface area contributed by atoms with Crippen molar-refractivity contribution in [1.82, 2.24) is 9.97 Å². The summed E-state index contributed by atoms with van der Waals surface area (Å²) in [6, 6.07) is 0. The van der Waals surface area contributed by atoms with Crippen molar-refractivity contribution in [2.75, 3.05) is 11.4 Å². The number of hydrogen-bond donors (Lipinski definition) is 1. The third kappa shape index (κ3) is 2.26. The number of rotatable bonds is 4. The van der Waals surface area contributed by atoms with Crippen LogP contribution in [-0.4, -0.2) is 22.1 Å². The molecule has 1 aliphatic heterocycles. The molecule has 0 radical (unpaired) electrons. The van der Waals surface area contributed by atoms with Crippen LogP contribution in [0.1, 0.15) is 34.1 Å². The highest BCUT2D eigenvalue weighted by atomic mass is 16.6. The van der Waals surface area contributed by atoms with Crippen LogP contribution in [0.25, 0.3) is 0 Å². The monoisotopic (exact) mass is 276 g/mol. The highest BCUT2D eigenvalue weighted by molar-refractivity contribution is 5.42. The minimum absolute atomic E-state index is 0.0684. The van der Waals surface area contributed by atoms with Crippen molar-refractivity contribution < 1.29 is 4.84 Å². The Bertz CT molecular complexity index is 484. The zero-order valence-corrected chi connectivity index (χ0v) is 12.8. The number of nitrogens with two attached hydrogens (primary N) is 1. The molecule has 0 saturated carbocycles. The van der Waals surface area contributed by atoms with Gasteiger partial charge < -0.3 is 9.74 Å². The molecule has 1 aliphatic rings. The highest BCUT2D eigenvalue weighted by Crippen LogP contribution is 2.49. The van der Waals surface area contributed by atoms with Gasteiger partial charge in [0.25, 0.3) is 0 Å². The van der Waals surface area contributed by atoms with Gasteiger partial charge in [0.2, 0.25) is 0 Å². The van der Waals surface area contributed by atoms with E-state index >= 15 is 0 Å². The Kier molecular flexibility index (Phi) is 3.73. The van der Waals surface area contributed by atoms with Gasteiger partial charge in [-0.05, 0) is 26.2 Å². The van der Waals surface area contributed by atoms with Crippen LogP contribution in [0, 0.1) is 11.3 Å². The number of aromatic nitrogens is 2. The second kappa shape index (κ2) is 5.05. The maximum absolute atomic E-state index is 5.32. The maximum Gasteiger partial charge on any atom is 0.147 e. The topological polar surface area (TPSA) is 64.3 Å². The molecule has 2 N–H and O–H groups in total. The molecular weight excluding hydrogens is 252 g/mol. The molecule has 0 spiro atoms. The van der Waals surface area contributed by atoms with Crippen molar-refractivity contribution in [3.8, 4) is 0 Å². The number of anilines is 1. The van der Waals surface area contributed by atoms with E-state index in [1.54, 1.807) is 12.4 Å². The average molecular weight is 276 g/mol. The van der Waals surface area contributed by atoms with Gasteiger partial charge in [-0.1, -0.05) is 20.4 Å². The van der Waals surface area contributed by atoms with E-state index in [9.17, 15) is 0 Å². The summed E-state index contributed by atoms with van der Waals surface area (Å²) < 4.78 is 0. The lowest BCUT2D eigenvalue weighted by molar-refractivity contribution is 0.0861. The Morgan fingerprint density at radius 3 is 2.75 bits per heavy atom. The van der Waals surface area contributed by atoms with Crippen LogP contribution in [0.2, 0.25) is 0 Å². The Morgan fingerprint density at radius 2 is 2.20 bits per heavy atom. The molecule has 1 aromatic rings. The van der Waals surface area contributed by atoms with E-state index in [1.807, 2.05) is 6.20 Å². The first-order chi connectivity index (χ1) is 9.31. The van der Waals surface area contributed by atoms with Gasteiger partial charge in [0.05, 0.1) is 6.20 Å². The number of nitrogens with zero attached hydrogens (tertiary/aromatic N) is 3. The molecule has 2 heterocycles. The van der Waals surface area contributed by atoms with Gasteiger partial charge in [0, 0.05) is 29.9 Å². The summed E-state index contributed by atoms with van der Waals surface area (Å²) in [6.45, 7) is 13.6. The molecule has 0 amide bonds. The molecule has 1 fully saturated rings. The van der Waals surface area contributed by atoms with Crippen molar-refractivity contribution in [3.05, 3.63) is 30.9 Å². The van der Waals surface area contributed by atoms with Gasteiger partial charge in [-0.2, -0.15) is 5.90 Å². The van der Waals surface area contributed by atoms with Crippen LogP contribution in [-0.2, 0) is 4.84 Å². The molecule has 0 bridgehead atoms. The summed E-state index contributed by atoms with van der Waals surface area (Å²) in [5.41, 5.74) is -0.268. The molecule has 0 aliphatic carbocycles. The first kappa shape index (κ1) is 14.8. The number of hydrogen-bond acceptors (Lipinski definition) is 5. The van der Waals surface area contributed by atoms with Crippen LogP contribution >= 0.6 is 0 Å². The molecule has 1 unspecified atom stereocenters. The van der Waals surface area contributed by atoms with Crippen molar-refractivity contribution >= 4 is 5.82 Å². The predicted octanol–water partition coefficient (Wildman–Crippen LogP) is 2.51. The zero-order valence-electron chi connectivity index (χ0n) is 12.8. The Labute approximate surface area is 120 Å². The van der Waals surface area contributed by atoms with Crippen LogP contribution in [0.3, 0.4) is 0 Å². The molecule has 5 heteroatoms. The van der Waals surface area contributed by atoms with Gasteiger partial charge in [0.1, 0.15) is 11.6 Å². The minimum Gasteiger partial charge on any atom is -0.416 e. The third-order valence-electron chi connectivity index (χ3n) is 4.75. The van der Waals surface area contributed by atoms with E-state index in [4.69, 9.17) is 10.7 Å².